The van der Waals surface area contributed by atoms with Gasteiger partial charge in [-0.15, -0.1) is 16.4 Å². The summed E-state index contributed by atoms with van der Waals surface area (Å²) in [5.41, 5.74) is 2.55. The Morgan fingerprint density at radius 3 is 3.25 bits per heavy atom. The van der Waals surface area contributed by atoms with Gasteiger partial charge in [-0.25, -0.2) is 4.68 Å². The Bertz CT molecular complexity index is 499. The topological polar surface area (TPSA) is 42.7 Å². The molecule has 0 aromatic carbocycles. The smallest absolute Gasteiger partial charge is 0.153 e. The molecule has 2 aromatic heterocycles. The van der Waals surface area contributed by atoms with E-state index in [1.807, 2.05) is 11.7 Å². The lowest BCUT2D eigenvalue weighted by molar-refractivity contribution is 0.535. The van der Waals surface area contributed by atoms with E-state index in [0.29, 0.717) is 0 Å². The molecule has 0 saturated carbocycles. The average molecular weight is 299 g/mol. The predicted molar refractivity (Wildman–Crippen MR) is 66.6 cm³/mol. The van der Waals surface area contributed by atoms with Gasteiger partial charge >= 0.3 is 0 Å². The fourth-order valence-electron chi connectivity index (χ4n) is 2.12. The number of hydrogen-bond donors (Lipinski definition) is 1. The molecule has 3 rings (SSSR count). The van der Waals surface area contributed by atoms with Crippen molar-refractivity contribution in [2.24, 2.45) is 7.05 Å². The highest BCUT2D eigenvalue weighted by Crippen LogP contribution is 2.34. The van der Waals surface area contributed by atoms with E-state index in [1.165, 1.54) is 10.4 Å². The van der Waals surface area contributed by atoms with Crippen molar-refractivity contribution in [2.75, 3.05) is 6.54 Å². The molecule has 1 N–H and O–H groups in total. The minimum Gasteiger partial charge on any atom is -0.304 e. The van der Waals surface area contributed by atoms with E-state index in [1.54, 1.807) is 11.3 Å². The van der Waals surface area contributed by atoms with Gasteiger partial charge in [-0.2, -0.15) is 0 Å². The highest BCUT2D eigenvalue weighted by Gasteiger charge is 2.27. The number of rotatable bonds is 1. The molecule has 0 saturated heterocycles. The van der Waals surface area contributed by atoms with Crippen LogP contribution in [0, 0.1) is 0 Å². The number of hydrogen-bond acceptors (Lipinski definition) is 4. The van der Waals surface area contributed by atoms with E-state index in [9.17, 15) is 0 Å². The highest BCUT2D eigenvalue weighted by atomic mass is 79.9. The summed E-state index contributed by atoms with van der Waals surface area (Å²) < 4.78 is 2.66. The number of fused-ring (bicyclic) bond motifs is 1. The average Bonchev–Trinajstić information content (AvgIpc) is 2.86. The highest BCUT2D eigenvalue weighted by molar-refractivity contribution is 9.10. The maximum absolute atomic E-state index is 4.04. The van der Waals surface area contributed by atoms with Crippen LogP contribution in [0.1, 0.15) is 22.2 Å². The van der Waals surface area contributed by atoms with Gasteiger partial charge in [-0.1, -0.05) is 5.21 Å². The van der Waals surface area contributed by atoms with Crippen LogP contribution < -0.4 is 5.32 Å². The van der Waals surface area contributed by atoms with Gasteiger partial charge in [-0.05, 0) is 39.4 Å². The van der Waals surface area contributed by atoms with Crippen LogP contribution in [0.2, 0.25) is 0 Å². The summed E-state index contributed by atoms with van der Waals surface area (Å²) in [5, 5.41) is 13.8. The Morgan fingerprint density at radius 1 is 1.62 bits per heavy atom. The standard InChI is InChI=1S/C10H11BrN4S/c1-15-8(10(11)13-14-15)7-9-6(2-4-12-7)3-5-16-9/h3,5,7,12H,2,4H2,1H3. The number of nitrogens with zero attached hydrogens (tertiary/aromatic N) is 3. The molecule has 1 aliphatic rings. The van der Waals surface area contributed by atoms with Crippen molar-refractivity contribution in [1.29, 1.82) is 0 Å². The molecule has 2 aromatic rings. The van der Waals surface area contributed by atoms with Crippen LogP contribution in [-0.4, -0.2) is 21.5 Å². The minimum absolute atomic E-state index is 0.220. The van der Waals surface area contributed by atoms with Crippen LogP contribution in [0.4, 0.5) is 0 Å². The van der Waals surface area contributed by atoms with Crippen LogP contribution in [0.15, 0.2) is 16.0 Å². The Morgan fingerprint density at radius 2 is 2.50 bits per heavy atom. The zero-order valence-corrected chi connectivity index (χ0v) is 11.2. The first-order chi connectivity index (χ1) is 7.77. The van der Waals surface area contributed by atoms with Crippen molar-refractivity contribution in [3.63, 3.8) is 0 Å². The molecule has 0 fully saturated rings. The third-order valence-corrected chi connectivity index (χ3v) is 4.47. The van der Waals surface area contributed by atoms with Crippen molar-refractivity contribution in [2.45, 2.75) is 12.5 Å². The van der Waals surface area contributed by atoms with Crippen LogP contribution in [0.25, 0.3) is 0 Å². The molecule has 0 spiro atoms. The molecule has 16 heavy (non-hydrogen) atoms. The number of aromatic nitrogens is 3. The van der Waals surface area contributed by atoms with Gasteiger partial charge in [0.2, 0.25) is 0 Å². The van der Waals surface area contributed by atoms with Crippen molar-refractivity contribution >= 4 is 27.3 Å². The first-order valence-electron chi connectivity index (χ1n) is 5.12. The van der Waals surface area contributed by atoms with E-state index in [0.717, 1.165) is 23.3 Å². The Balaban J connectivity index is 2.10. The third kappa shape index (κ3) is 1.52. The zero-order chi connectivity index (χ0) is 11.1. The number of aryl methyl sites for hydroxylation is 1. The summed E-state index contributed by atoms with van der Waals surface area (Å²) in [5.74, 6) is 0. The Labute approximate surface area is 106 Å². The number of halogens is 1. The zero-order valence-electron chi connectivity index (χ0n) is 8.77. The molecular formula is C10H11BrN4S. The van der Waals surface area contributed by atoms with Gasteiger partial charge in [0.25, 0.3) is 0 Å². The summed E-state index contributed by atoms with van der Waals surface area (Å²) in [6, 6.07) is 2.43. The molecule has 6 heteroatoms. The van der Waals surface area contributed by atoms with Crippen molar-refractivity contribution in [3.8, 4) is 0 Å². The van der Waals surface area contributed by atoms with Crippen molar-refractivity contribution in [3.05, 3.63) is 32.2 Å². The monoisotopic (exact) mass is 298 g/mol. The Kier molecular flexibility index (Phi) is 2.57. The van der Waals surface area contributed by atoms with Gasteiger partial charge in [-0.3, -0.25) is 0 Å². The molecule has 84 valence electrons. The number of nitrogens with one attached hydrogen (secondary N) is 1. The van der Waals surface area contributed by atoms with E-state index in [2.05, 4.69) is 43.0 Å². The molecule has 1 atom stereocenters. The molecule has 0 aliphatic carbocycles. The molecule has 0 bridgehead atoms. The maximum Gasteiger partial charge on any atom is 0.153 e. The summed E-state index contributed by atoms with van der Waals surface area (Å²) in [6.07, 6.45) is 1.11. The second-order valence-electron chi connectivity index (χ2n) is 3.84. The predicted octanol–water partition coefficient (Wildman–Crippen LogP) is 1.87. The summed E-state index contributed by atoms with van der Waals surface area (Å²) in [6.45, 7) is 1.01. The van der Waals surface area contributed by atoms with E-state index in [-0.39, 0.29) is 6.04 Å². The molecule has 3 heterocycles. The second kappa shape index (κ2) is 3.94. The second-order valence-corrected chi connectivity index (χ2v) is 5.54. The first-order valence-corrected chi connectivity index (χ1v) is 6.79. The molecule has 1 aliphatic heterocycles. The lowest BCUT2D eigenvalue weighted by Crippen LogP contribution is -2.30. The van der Waals surface area contributed by atoms with Crippen LogP contribution >= 0.6 is 27.3 Å². The minimum atomic E-state index is 0.220. The van der Waals surface area contributed by atoms with Gasteiger partial charge in [0.1, 0.15) is 0 Å². The van der Waals surface area contributed by atoms with Gasteiger partial charge < -0.3 is 5.32 Å². The van der Waals surface area contributed by atoms with Crippen LogP contribution in [0.3, 0.4) is 0 Å². The molecular weight excluding hydrogens is 288 g/mol. The van der Waals surface area contributed by atoms with E-state index in [4.69, 9.17) is 0 Å². The van der Waals surface area contributed by atoms with Gasteiger partial charge in [0, 0.05) is 18.5 Å². The normalized spacial score (nSPS) is 19.8. The van der Waals surface area contributed by atoms with E-state index >= 15 is 0 Å². The third-order valence-electron chi connectivity index (χ3n) is 2.89. The molecule has 0 radical (unpaired) electrons. The molecule has 1 unspecified atom stereocenters. The lowest BCUT2D eigenvalue weighted by Gasteiger charge is -2.23. The van der Waals surface area contributed by atoms with Gasteiger partial charge in [0.05, 0.1) is 11.7 Å². The fourth-order valence-corrected chi connectivity index (χ4v) is 3.71. The lowest BCUT2D eigenvalue weighted by atomic mass is 10.0. The maximum atomic E-state index is 4.04. The summed E-state index contributed by atoms with van der Waals surface area (Å²) in [7, 11) is 1.93. The first kappa shape index (κ1) is 10.4. The summed E-state index contributed by atoms with van der Waals surface area (Å²) in [4.78, 5) is 1.39. The van der Waals surface area contributed by atoms with Crippen molar-refractivity contribution < 1.29 is 0 Å². The largest absolute Gasteiger partial charge is 0.304 e. The Hall–Kier alpha value is -0.720. The van der Waals surface area contributed by atoms with Gasteiger partial charge in [0.15, 0.2) is 4.60 Å². The number of thiophene rings is 1. The fraction of sp³-hybridized carbons (Fsp3) is 0.400. The van der Waals surface area contributed by atoms with Crippen LogP contribution in [0.5, 0.6) is 0 Å². The molecule has 0 amide bonds. The van der Waals surface area contributed by atoms with Crippen LogP contribution in [-0.2, 0) is 13.5 Å². The quantitative estimate of drug-likeness (QED) is 0.874. The SMILES string of the molecule is Cn1nnc(Br)c1C1NCCc2ccsc21. The molecule has 4 nitrogen and oxygen atoms in total. The van der Waals surface area contributed by atoms with E-state index < -0.39 is 0 Å². The van der Waals surface area contributed by atoms with Crippen molar-refractivity contribution in [1.82, 2.24) is 20.3 Å². The summed E-state index contributed by atoms with van der Waals surface area (Å²) >= 11 is 5.26.